The smallest absolute Gasteiger partial charge is 0.341 e. The van der Waals surface area contributed by atoms with Crippen LogP contribution in [0.25, 0.3) is 11.0 Å². The first kappa shape index (κ1) is 20.9. The molecule has 0 aliphatic rings. The van der Waals surface area contributed by atoms with Crippen molar-refractivity contribution in [3.05, 3.63) is 58.4 Å². The summed E-state index contributed by atoms with van der Waals surface area (Å²) in [7, 11) is 0. The molecule has 5 nitrogen and oxygen atoms in total. The molecule has 1 aromatic carbocycles. The number of pyridine rings is 2. The number of rotatable bonds is 5. The maximum Gasteiger partial charge on any atom is 0.341 e. The Labute approximate surface area is 169 Å². The van der Waals surface area contributed by atoms with Gasteiger partial charge in [-0.25, -0.2) is 14.8 Å². The predicted octanol–water partition coefficient (Wildman–Crippen LogP) is 5.63. The summed E-state index contributed by atoms with van der Waals surface area (Å²) in [5, 5.41) is 4.74. The van der Waals surface area contributed by atoms with Gasteiger partial charge >= 0.3 is 5.97 Å². The molecule has 0 amide bonds. The number of benzene rings is 1. The van der Waals surface area contributed by atoms with E-state index in [1.165, 1.54) is 6.20 Å². The second kappa shape index (κ2) is 9.02. The van der Waals surface area contributed by atoms with E-state index < -0.39 is 5.97 Å². The molecule has 2 aromatic heterocycles. The Balaban J connectivity index is 0.00000261. The molecule has 0 saturated carbocycles. The van der Waals surface area contributed by atoms with Crippen molar-refractivity contribution in [1.29, 1.82) is 0 Å². The Morgan fingerprint density at radius 3 is 2.74 bits per heavy atom. The van der Waals surface area contributed by atoms with Gasteiger partial charge in [0.15, 0.2) is 5.65 Å². The van der Waals surface area contributed by atoms with Crippen LogP contribution in [0.15, 0.2) is 36.5 Å². The minimum absolute atomic E-state index is 0. The Bertz CT molecular complexity index is 977. The van der Waals surface area contributed by atoms with Crippen LogP contribution in [0.5, 0.6) is 0 Å². The van der Waals surface area contributed by atoms with Crippen molar-refractivity contribution in [2.75, 3.05) is 11.9 Å². The average molecular weight is 406 g/mol. The van der Waals surface area contributed by atoms with Crippen molar-refractivity contribution in [1.82, 2.24) is 9.97 Å². The molecule has 142 valence electrons. The standard InChI is InChI=1S/C20H20ClN3O2.ClH/c1-4-10-26-20(25)15-11-22-19-14(9-8-12(2)23-19)18(15)24-17-7-5-6-16(21)13(17)3;/h5-9,11H,4,10H2,1-3H3,(H,22,23,24);1H. The van der Waals surface area contributed by atoms with Crippen LogP contribution in [-0.4, -0.2) is 22.5 Å². The zero-order valence-corrected chi connectivity index (χ0v) is 16.9. The summed E-state index contributed by atoms with van der Waals surface area (Å²) < 4.78 is 5.32. The number of esters is 1. The van der Waals surface area contributed by atoms with E-state index in [0.717, 1.165) is 28.8 Å². The van der Waals surface area contributed by atoms with Gasteiger partial charge in [0.1, 0.15) is 5.56 Å². The first-order valence-electron chi connectivity index (χ1n) is 8.47. The third-order valence-electron chi connectivity index (χ3n) is 4.05. The highest BCUT2D eigenvalue weighted by molar-refractivity contribution is 6.31. The summed E-state index contributed by atoms with van der Waals surface area (Å²) in [6.45, 7) is 6.13. The first-order chi connectivity index (χ1) is 12.5. The number of halogens is 2. The lowest BCUT2D eigenvalue weighted by molar-refractivity contribution is 0.0506. The van der Waals surface area contributed by atoms with Gasteiger partial charge in [-0.3, -0.25) is 0 Å². The van der Waals surface area contributed by atoms with Crippen LogP contribution in [-0.2, 0) is 4.74 Å². The molecule has 0 aliphatic heterocycles. The van der Waals surface area contributed by atoms with E-state index in [1.807, 2.05) is 51.1 Å². The highest BCUT2D eigenvalue weighted by atomic mass is 35.5. The van der Waals surface area contributed by atoms with E-state index in [1.54, 1.807) is 0 Å². The fourth-order valence-electron chi connectivity index (χ4n) is 2.61. The molecule has 3 aromatic rings. The third-order valence-corrected chi connectivity index (χ3v) is 4.46. The van der Waals surface area contributed by atoms with E-state index >= 15 is 0 Å². The number of fused-ring (bicyclic) bond motifs is 1. The van der Waals surface area contributed by atoms with Crippen LogP contribution in [0.2, 0.25) is 5.02 Å². The molecule has 0 fully saturated rings. The topological polar surface area (TPSA) is 64.1 Å². The van der Waals surface area contributed by atoms with Crippen LogP contribution in [0.3, 0.4) is 0 Å². The summed E-state index contributed by atoms with van der Waals surface area (Å²) >= 11 is 6.23. The molecule has 0 spiro atoms. The van der Waals surface area contributed by atoms with E-state index in [-0.39, 0.29) is 12.4 Å². The summed E-state index contributed by atoms with van der Waals surface area (Å²) in [5.41, 5.74) is 4.13. The molecule has 27 heavy (non-hydrogen) atoms. The second-order valence-corrected chi connectivity index (χ2v) is 6.45. The number of carbonyl (C=O) groups excluding carboxylic acids is 1. The Kier molecular flexibility index (Phi) is 6.99. The monoisotopic (exact) mass is 405 g/mol. The Morgan fingerprint density at radius 2 is 2.00 bits per heavy atom. The van der Waals surface area contributed by atoms with Crippen molar-refractivity contribution in [2.24, 2.45) is 0 Å². The molecule has 3 rings (SSSR count). The van der Waals surface area contributed by atoms with E-state index in [9.17, 15) is 4.79 Å². The first-order valence-corrected chi connectivity index (χ1v) is 8.84. The van der Waals surface area contributed by atoms with Crippen molar-refractivity contribution in [3.8, 4) is 0 Å². The quantitative estimate of drug-likeness (QED) is 0.556. The Morgan fingerprint density at radius 1 is 1.22 bits per heavy atom. The van der Waals surface area contributed by atoms with Gasteiger partial charge in [0.25, 0.3) is 0 Å². The molecule has 0 atom stereocenters. The van der Waals surface area contributed by atoms with Gasteiger partial charge < -0.3 is 10.1 Å². The molecular formula is C20H21Cl2N3O2. The molecule has 0 saturated heterocycles. The fourth-order valence-corrected chi connectivity index (χ4v) is 2.79. The summed E-state index contributed by atoms with van der Waals surface area (Å²) in [4.78, 5) is 21.3. The van der Waals surface area contributed by atoms with Gasteiger partial charge in [-0.05, 0) is 50.1 Å². The molecule has 2 heterocycles. The van der Waals surface area contributed by atoms with Crippen LogP contribution in [0.1, 0.15) is 35.0 Å². The molecule has 0 bridgehead atoms. The van der Waals surface area contributed by atoms with Crippen molar-refractivity contribution < 1.29 is 9.53 Å². The number of anilines is 2. The van der Waals surface area contributed by atoms with Crippen LogP contribution in [0.4, 0.5) is 11.4 Å². The number of hydrogen-bond donors (Lipinski definition) is 1. The number of aryl methyl sites for hydroxylation is 1. The van der Waals surface area contributed by atoms with Gasteiger partial charge in [0.2, 0.25) is 0 Å². The summed E-state index contributed by atoms with van der Waals surface area (Å²) in [6, 6.07) is 9.40. The van der Waals surface area contributed by atoms with Crippen molar-refractivity contribution >= 4 is 52.4 Å². The number of carbonyl (C=O) groups is 1. The third kappa shape index (κ3) is 4.49. The molecular weight excluding hydrogens is 385 g/mol. The number of aromatic nitrogens is 2. The zero-order valence-electron chi connectivity index (χ0n) is 15.4. The lowest BCUT2D eigenvalue weighted by atomic mass is 10.1. The van der Waals surface area contributed by atoms with Crippen LogP contribution >= 0.6 is 24.0 Å². The van der Waals surface area contributed by atoms with Gasteiger partial charge in [-0.2, -0.15) is 0 Å². The van der Waals surface area contributed by atoms with Crippen LogP contribution < -0.4 is 5.32 Å². The minimum Gasteiger partial charge on any atom is -0.462 e. The van der Waals surface area contributed by atoms with E-state index in [2.05, 4.69) is 15.3 Å². The zero-order chi connectivity index (χ0) is 18.7. The molecule has 0 radical (unpaired) electrons. The molecule has 7 heteroatoms. The predicted molar refractivity (Wildman–Crippen MR) is 112 cm³/mol. The van der Waals surface area contributed by atoms with Crippen LogP contribution in [0, 0.1) is 13.8 Å². The summed E-state index contributed by atoms with van der Waals surface area (Å²) in [5.74, 6) is -0.413. The minimum atomic E-state index is -0.413. The second-order valence-electron chi connectivity index (χ2n) is 6.04. The normalized spacial score (nSPS) is 10.4. The fraction of sp³-hybridized carbons (Fsp3) is 0.250. The maximum atomic E-state index is 12.5. The highest BCUT2D eigenvalue weighted by Crippen LogP contribution is 2.32. The van der Waals surface area contributed by atoms with E-state index in [4.69, 9.17) is 16.3 Å². The van der Waals surface area contributed by atoms with Gasteiger partial charge in [0.05, 0.1) is 12.3 Å². The van der Waals surface area contributed by atoms with Crippen molar-refractivity contribution in [3.63, 3.8) is 0 Å². The summed E-state index contributed by atoms with van der Waals surface area (Å²) in [6.07, 6.45) is 2.26. The Hall–Kier alpha value is -2.37. The number of ether oxygens (including phenoxy) is 1. The molecule has 0 unspecified atom stereocenters. The maximum absolute atomic E-state index is 12.5. The molecule has 0 aliphatic carbocycles. The van der Waals surface area contributed by atoms with Gasteiger partial charge in [-0.15, -0.1) is 12.4 Å². The van der Waals surface area contributed by atoms with Crippen molar-refractivity contribution in [2.45, 2.75) is 27.2 Å². The highest BCUT2D eigenvalue weighted by Gasteiger charge is 2.18. The average Bonchev–Trinajstić information content (AvgIpc) is 2.63. The SMILES string of the molecule is CCCOC(=O)c1cnc2nc(C)ccc2c1Nc1cccc(Cl)c1C.Cl. The number of nitrogens with one attached hydrogen (secondary N) is 1. The van der Waals surface area contributed by atoms with E-state index in [0.29, 0.717) is 28.5 Å². The lowest BCUT2D eigenvalue weighted by Gasteiger charge is -2.16. The lowest BCUT2D eigenvalue weighted by Crippen LogP contribution is -2.10. The largest absolute Gasteiger partial charge is 0.462 e. The number of nitrogens with zero attached hydrogens (tertiary/aromatic N) is 2. The van der Waals surface area contributed by atoms with Gasteiger partial charge in [0, 0.05) is 28.0 Å². The van der Waals surface area contributed by atoms with Gasteiger partial charge in [-0.1, -0.05) is 24.6 Å². The number of hydrogen-bond acceptors (Lipinski definition) is 5. The molecule has 1 N–H and O–H groups in total.